The smallest absolute Gasteiger partial charge is 0.329 e. The summed E-state index contributed by atoms with van der Waals surface area (Å²) < 4.78 is 6.70. The van der Waals surface area contributed by atoms with E-state index in [0.717, 1.165) is 42.5 Å². The Balaban J connectivity index is 1.91. The van der Waals surface area contributed by atoms with E-state index in [9.17, 15) is 4.79 Å². The van der Waals surface area contributed by atoms with Crippen molar-refractivity contribution in [1.82, 2.24) is 10.3 Å². The van der Waals surface area contributed by atoms with Gasteiger partial charge in [0.15, 0.2) is 0 Å². The molecule has 2 fully saturated rings. The van der Waals surface area contributed by atoms with E-state index in [0.29, 0.717) is 0 Å². The number of hydrogen-bond donors (Lipinski definition) is 2. The number of carbonyl (C=O) groups is 1. The lowest BCUT2D eigenvalue weighted by atomic mass is 9.77. The second kappa shape index (κ2) is 6.26. The molecule has 2 atom stereocenters. The van der Waals surface area contributed by atoms with E-state index in [4.69, 9.17) is 9.84 Å². The van der Waals surface area contributed by atoms with Crippen molar-refractivity contribution in [2.24, 2.45) is 5.41 Å². The molecule has 5 nitrogen and oxygen atoms in total. The number of hydrogen-bond acceptors (Lipinski definition) is 4. The largest absolute Gasteiger partial charge is 0.480 e. The molecule has 1 aromatic heterocycles. The minimum Gasteiger partial charge on any atom is -0.480 e. The second-order valence-corrected chi connectivity index (χ2v) is 7.23. The first-order chi connectivity index (χ1) is 10.6. The van der Waals surface area contributed by atoms with E-state index < -0.39 is 11.6 Å². The first kappa shape index (κ1) is 15.9. The average molecular weight is 369 g/mol. The molecular weight excluding hydrogens is 348 g/mol. The number of aromatic nitrogens is 1. The Morgan fingerprint density at radius 2 is 2.32 bits per heavy atom. The third-order valence-corrected chi connectivity index (χ3v) is 5.63. The Morgan fingerprint density at radius 3 is 3.00 bits per heavy atom. The third-order valence-electron chi connectivity index (χ3n) is 5.00. The molecule has 3 rings (SSSR count). The predicted molar refractivity (Wildman–Crippen MR) is 85.6 cm³/mol. The topological polar surface area (TPSA) is 71.5 Å². The van der Waals surface area contributed by atoms with Crippen molar-refractivity contribution in [3.63, 3.8) is 0 Å². The molecule has 1 aromatic rings. The molecule has 6 heteroatoms. The molecule has 1 aliphatic heterocycles. The Morgan fingerprint density at radius 1 is 1.45 bits per heavy atom. The monoisotopic (exact) mass is 368 g/mol. The molecule has 0 radical (unpaired) electrons. The first-order valence-electron chi connectivity index (χ1n) is 7.73. The third kappa shape index (κ3) is 3.05. The Kier molecular flexibility index (Phi) is 4.52. The van der Waals surface area contributed by atoms with E-state index in [1.54, 1.807) is 6.20 Å². The zero-order chi connectivity index (χ0) is 15.6. The van der Waals surface area contributed by atoms with Crippen LogP contribution in [0, 0.1) is 5.41 Å². The molecule has 1 aliphatic carbocycles. The van der Waals surface area contributed by atoms with Crippen LogP contribution in [-0.4, -0.2) is 35.8 Å². The van der Waals surface area contributed by atoms with Gasteiger partial charge in [0.25, 0.3) is 0 Å². The van der Waals surface area contributed by atoms with Crippen molar-refractivity contribution in [1.29, 1.82) is 0 Å². The fourth-order valence-corrected chi connectivity index (χ4v) is 4.61. The molecule has 1 saturated heterocycles. The lowest BCUT2D eigenvalue weighted by Gasteiger charge is -2.37. The minimum absolute atomic E-state index is 0.214. The van der Waals surface area contributed by atoms with Gasteiger partial charge in [-0.3, -0.25) is 0 Å². The number of nitrogens with zero attached hydrogens (tertiary/aromatic N) is 1. The molecule has 2 N–H and O–H groups in total. The summed E-state index contributed by atoms with van der Waals surface area (Å²) in [4.78, 5) is 15.3. The van der Waals surface area contributed by atoms with Gasteiger partial charge < -0.3 is 15.2 Å². The highest BCUT2D eigenvalue weighted by Crippen LogP contribution is 2.55. The van der Waals surface area contributed by atoms with Gasteiger partial charge in [0.2, 0.25) is 0 Å². The number of ether oxygens (including phenoxy) is 1. The van der Waals surface area contributed by atoms with Crippen LogP contribution < -0.4 is 5.32 Å². The van der Waals surface area contributed by atoms with Crippen molar-refractivity contribution in [3.8, 4) is 0 Å². The summed E-state index contributed by atoms with van der Waals surface area (Å²) in [5.74, 6) is -0.929. The van der Waals surface area contributed by atoms with Gasteiger partial charge in [-0.05, 0) is 66.1 Å². The zero-order valence-corrected chi connectivity index (χ0v) is 14.1. The highest BCUT2D eigenvalue weighted by atomic mass is 79.9. The van der Waals surface area contributed by atoms with Gasteiger partial charge in [-0.25, -0.2) is 9.78 Å². The van der Waals surface area contributed by atoms with Crippen LogP contribution in [0.2, 0.25) is 0 Å². The summed E-state index contributed by atoms with van der Waals surface area (Å²) in [5.41, 5.74) is 0.634. The number of carboxylic acid groups (broad SMARTS) is 1. The first-order valence-corrected chi connectivity index (χ1v) is 8.52. The highest BCUT2D eigenvalue weighted by molar-refractivity contribution is 9.10. The predicted octanol–water partition coefficient (Wildman–Crippen LogP) is 2.69. The molecule has 1 saturated carbocycles. The maximum atomic E-state index is 11.0. The van der Waals surface area contributed by atoms with Gasteiger partial charge in [0.1, 0.15) is 11.2 Å². The van der Waals surface area contributed by atoms with Crippen LogP contribution >= 0.6 is 15.9 Å². The zero-order valence-electron chi connectivity index (χ0n) is 12.5. The molecular formula is C16H21BrN2O3. The van der Waals surface area contributed by atoms with Gasteiger partial charge in [-0.15, -0.1) is 0 Å². The van der Waals surface area contributed by atoms with Crippen LogP contribution in [0.15, 0.2) is 22.9 Å². The summed E-state index contributed by atoms with van der Waals surface area (Å²) >= 11 is 3.51. The van der Waals surface area contributed by atoms with Gasteiger partial charge in [0, 0.05) is 18.3 Å². The number of nitrogens with one attached hydrogen (secondary N) is 1. The van der Waals surface area contributed by atoms with Crippen molar-refractivity contribution < 1.29 is 14.6 Å². The number of halogens is 1. The quantitative estimate of drug-likeness (QED) is 0.799. The van der Waals surface area contributed by atoms with Gasteiger partial charge in [-0.2, -0.15) is 0 Å². The Hall–Kier alpha value is -0.980. The van der Waals surface area contributed by atoms with Crippen molar-refractivity contribution in [3.05, 3.63) is 28.5 Å². The van der Waals surface area contributed by atoms with Crippen LogP contribution in [0.4, 0.5) is 0 Å². The lowest BCUT2D eigenvalue weighted by molar-refractivity contribution is -0.151. The Bertz CT molecular complexity index is 560. The molecule has 1 spiro atoms. The maximum absolute atomic E-state index is 11.0. The standard InChI is InChI=1S/C16H21BrN2O3/c17-14-12(3-1-8-19-14)16(22-9-13(20)21)6-5-15(10-16)4-2-7-18-11-15/h1,3,8,18H,2,4-7,9-11H2,(H,20,21). The van der Waals surface area contributed by atoms with E-state index in [-0.39, 0.29) is 12.0 Å². The molecule has 0 amide bonds. The van der Waals surface area contributed by atoms with Gasteiger partial charge >= 0.3 is 5.97 Å². The van der Waals surface area contributed by atoms with Crippen LogP contribution in [0.1, 0.15) is 37.7 Å². The molecule has 0 bridgehead atoms. The number of rotatable bonds is 4. The molecule has 22 heavy (non-hydrogen) atoms. The summed E-state index contributed by atoms with van der Waals surface area (Å²) in [6.07, 6.45) is 6.82. The fourth-order valence-electron chi connectivity index (χ4n) is 4.00. The number of pyridine rings is 1. The maximum Gasteiger partial charge on any atom is 0.329 e. The average Bonchev–Trinajstić information content (AvgIpc) is 2.86. The summed E-state index contributed by atoms with van der Waals surface area (Å²) in [7, 11) is 0. The lowest BCUT2D eigenvalue weighted by Crippen LogP contribution is -2.40. The van der Waals surface area contributed by atoms with Crippen molar-refractivity contribution in [2.75, 3.05) is 19.7 Å². The van der Waals surface area contributed by atoms with E-state index in [1.807, 2.05) is 12.1 Å². The minimum atomic E-state index is -0.929. The van der Waals surface area contributed by atoms with Crippen molar-refractivity contribution in [2.45, 2.75) is 37.7 Å². The van der Waals surface area contributed by atoms with Crippen LogP contribution in [0.25, 0.3) is 0 Å². The van der Waals surface area contributed by atoms with Crippen LogP contribution in [0.3, 0.4) is 0 Å². The normalized spacial score (nSPS) is 31.5. The van der Waals surface area contributed by atoms with E-state index in [2.05, 4.69) is 26.2 Å². The van der Waals surface area contributed by atoms with Gasteiger partial charge in [0.05, 0.1) is 5.60 Å². The number of aliphatic carboxylic acids is 1. The fraction of sp³-hybridized carbons (Fsp3) is 0.625. The summed E-state index contributed by atoms with van der Waals surface area (Å²) in [6.45, 7) is 1.79. The molecule has 0 aromatic carbocycles. The van der Waals surface area contributed by atoms with E-state index in [1.165, 1.54) is 12.8 Å². The second-order valence-electron chi connectivity index (χ2n) is 6.48. The highest BCUT2D eigenvalue weighted by Gasteiger charge is 2.51. The molecule has 2 heterocycles. The summed E-state index contributed by atoms with van der Waals surface area (Å²) in [6, 6.07) is 3.88. The van der Waals surface area contributed by atoms with Crippen molar-refractivity contribution >= 4 is 21.9 Å². The van der Waals surface area contributed by atoms with Crippen LogP contribution in [0.5, 0.6) is 0 Å². The molecule has 2 aliphatic rings. The number of piperidine rings is 1. The van der Waals surface area contributed by atoms with Gasteiger partial charge in [-0.1, -0.05) is 6.07 Å². The summed E-state index contributed by atoms with van der Waals surface area (Å²) in [5, 5.41) is 12.5. The molecule has 2 unspecified atom stereocenters. The SMILES string of the molecule is O=C(O)COC1(c2cccnc2Br)CCC2(CCCNC2)C1. The Labute approximate surface area is 138 Å². The molecule has 120 valence electrons. The van der Waals surface area contributed by atoms with Crippen LogP contribution in [-0.2, 0) is 15.1 Å². The number of carboxylic acids is 1. The van der Waals surface area contributed by atoms with E-state index >= 15 is 0 Å².